The number of aryl methyl sites for hydroxylation is 1. The number of ether oxygens (including phenoxy) is 1. The fourth-order valence-electron chi connectivity index (χ4n) is 3.02. The molecule has 1 amide bonds. The summed E-state index contributed by atoms with van der Waals surface area (Å²) < 4.78 is 6.49. The molecule has 0 bridgehead atoms. The molecule has 6 heteroatoms. The Morgan fingerprint density at radius 1 is 1.07 bits per heavy atom. The molecule has 150 valence electrons. The molecule has 0 radical (unpaired) electrons. The fourth-order valence-corrected chi connectivity index (χ4v) is 4.48. The predicted octanol–water partition coefficient (Wildman–Crippen LogP) is 6.63. The van der Waals surface area contributed by atoms with E-state index in [4.69, 9.17) is 28.6 Å². The Bertz CT molecular complexity index is 1140. The van der Waals surface area contributed by atoms with E-state index in [0.717, 1.165) is 16.7 Å². The summed E-state index contributed by atoms with van der Waals surface area (Å²) in [7, 11) is 0. The average molecular weight is 452 g/mol. The normalized spacial score (nSPS) is 15.1. The van der Waals surface area contributed by atoms with Crippen LogP contribution in [-0.2, 0) is 11.4 Å². The van der Waals surface area contributed by atoms with Gasteiger partial charge in [-0.15, -0.1) is 0 Å². The molecule has 3 aromatic rings. The van der Waals surface area contributed by atoms with Crippen molar-refractivity contribution >= 4 is 57.6 Å². The highest BCUT2D eigenvalue weighted by Crippen LogP contribution is 2.38. The predicted molar refractivity (Wildman–Crippen MR) is 129 cm³/mol. The molecular weight excluding hydrogens is 434 g/mol. The highest BCUT2D eigenvalue weighted by atomic mass is 35.5. The molecule has 0 spiro atoms. The van der Waals surface area contributed by atoms with Crippen molar-refractivity contribution in [2.24, 2.45) is 0 Å². The third kappa shape index (κ3) is 4.43. The summed E-state index contributed by atoms with van der Waals surface area (Å²) in [6, 6.07) is 23.1. The summed E-state index contributed by atoms with van der Waals surface area (Å²) in [5, 5.41) is 0.602. The van der Waals surface area contributed by atoms with Crippen molar-refractivity contribution in [2.75, 3.05) is 4.90 Å². The summed E-state index contributed by atoms with van der Waals surface area (Å²) in [5.74, 6) is 0.549. The lowest BCUT2D eigenvalue weighted by molar-refractivity contribution is -0.113. The van der Waals surface area contributed by atoms with Gasteiger partial charge in [-0.1, -0.05) is 90.2 Å². The Morgan fingerprint density at radius 2 is 1.80 bits per heavy atom. The number of thiocarbonyl (C=S) groups is 1. The quantitative estimate of drug-likeness (QED) is 0.321. The van der Waals surface area contributed by atoms with Crippen LogP contribution >= 0.6 is 35.6 Å². The molecule has 3 aromatic carbocycles. The molecule has 1 fully saturated rings. The lowest BCUT2D eigenvalue weighted by atomic mass is 10.1. The zero-order valence-corrected chi connectivity index (χ0v) is 18.6. The molecule has 0 aromatic heterocycles. The molecule has 0 saturated carbocycles. The van der Waals surface area contributed by atoms with Crippen LogP contribution in [0.1, 0.15) is 16.7 Å². The minimum absolute atomic E-state index is 0.164. The first-order valence-corrected chi connectivity index (χ1v) is 10.9. The maximum Gasteiger partial charge on any atom is 0.270 e. The standard InChI is InChI=1S/C24H18ClNO2S2/c1-16-11-12-19(14-20(16)25)26-23(27)22(30-24(26)29)13-18-9-5-6-10-21(18)28-15-17-7-3-2-4-8-17/h2-14H,15H2,1H3/b22-13-. The van der Waals surface area contributed by atoms with Gasteiger partial charge >= 0.3 is 0 Å². The number of para-hydroxylation sites is 1. The monoisotopic (exact) mass is 451 g/mol. The third-order valence-electron chi connectivity index (χ3n) is 4.65. The van der Waals surface area contributed by atoms with Crippen LogP contribution in [-0.4, -0.2) is 10.2 Å². The summed E-state index contributed by atoms with van der Waals surface area (Å²) in [5.41, 5.74) is 3.53. The van der Waals surface area contributed by atoms with E-state index in [2.05, 4.69) is 0 Å². The van der Waals surface area contributed by atoms with Gasteiger partial charge in [-0.3, -0.25) is 9.69 Å². The lowest BCUT2D eigenvalue weighted by Gasteiger charge is -2.15. The highest BCUT2D eigenvalue weighted by molar-refractivity contribution is 8.27. The van der Waals surface area contributed by atoms with Crippen LogP contribution in [0.4, 0.5) is 5.69 Å². The van der Waals surface area contributed by atoms with Crippen molar-refractivity contribution in [3.63, 3.8) is 0 Å². The Hall–Kier alpha value is -2.60. The Kier molecular flexibility index (Phi) is 6.23. The van der Waals surface area contributed by atoms with Crippen LogP contribution in [0.3, 0.4) is 0 Å². The second kappa shape index (κ2) is 9.04. The molecule has 0 aliphatic carbocycles. The van der Waals surface area contributed by atoms with E-state index in [0.29, 0.717) is 32.3 Å². The number of anilines is 1. The number of rotatable bonds is 5. The minimum atomic E-state index is -0.164. The largest absolute Gasteiger partial charge is 0.488 e. The molecule has 0 atom stereocenters. The zero-order valence-electron chi connectivity index (χ0n) is 16.2. The second-order valence-electron chi connectivity index (χ2n) is 6.76. The minimum Gasteiger partial charge on any atom is -0.488 e. The second-order valence-corrected chi connectivity index (χ2v) is 8.85. The van der Waals surface area contributed by atoms with E-state index in [1.807, 2.05) is 79.7 Å². The number of hydrogen-bond donors (Lipinski definition) is 0. The summed E-state index contributed by atoms with van der Waals surface area (Å²) in [4.78, 5) is 15.1. The molecule has 1 aliphatic rings. The van der Waals surface area contributed by atoms with Crippen molar-refractivity contribution in [1.82, 2.24) is 0 Å². The molecule has 3 nitrogen and oxygen atoms in total. The smallest absolute Gasteiger partial charge is 0.270 e. The lowest BCUT2D eigenvalue weighted by Crippen LogP contribution is -2.27. The molecular formula is C24H18ClNO2S2. The van der Waals surface area contributed by atoms with E-state index in [-0.39, 0.29) is 5.91 Å². The third-order valence-corrected chi connectivity index (χ3v) is 6.36. The first kappa shape index (κ1) is 20.7. The first-order chi connectivity index (χ1) is 14.5. The maximum atomic E-state index is 13.1. The van der Waals surface area contributed by atoms with Gasteiger partial charge in [-0.25, -0.2) is 0 Å². The van der Waals surface area contributed by atoms with E-state index >= 15 is 0 Å². The van der Waals surface area contributed by atoms with Crippen molar-refractivity contribution in [2.45, 2.75) is 13.5 Å². The average Bonchev–Trinajstić information content (AvgIpc) is 3.03. The van der Waals surface area contributed by atoms with E-state index in [1.165, 1.54) is 16.7 Å². The van der Waals surface area contributed by atoms with Crippen molar-refractivity contribution in [3.05, 3.63) is 99.4 Å². The number of amides is 1. The molecule has 1 aliphatic heterocycles. The van der Waals surface area contributed by atoms with Gasteiger partial charge in [-0.2, -0.15) is 0 Å². The van der Waals surface area contributed by atoms with Crippen LogP contribution < -0.4 is 9.64 Å². The van der Waals surface area contributed by atoms with Crippen LogP contribution in [0, 0.1) is 6.92 Å². The van der Waals surface area contributed by atoms with Gasteiger partial charge in [0.1, 0.15) is 12.4 Å². The van der Waals surface area contributed by atoms with E-state index < -0.39 is 0 Å². The van der Waals surface area contributed by atoms with Crippen LogP contribution in [0.5, 0.6) is 5.75 Å². The highest BCUT2D eigenvalue weighted by Gasteiger charge is 2.33. The number of carbonyl (C=O) groups is 1. The zero-order chi connectivity index (χ0) is 21.1. The Balaban J connectivity index is 1.58. The van der Waals surface area contributed by atoms with Gasteiger partial charge in [-0.05, 0) is 42.3 Å². The van der Waals surface area contributed by atoms with Gasteiger partial charge < -0.3 is 4.74 Å². The fraction of sp³-hybridized carbons (Fsp3) is 0.0833. The molecule has 4 rings (SSSR count). The Labute approximate surface area is 190 Å². The van der Waals surface area contributed by atoms with Gasteiger partial charge in [0.25, 0.3) is 5.91 Å². The summed E-state index contributed by atoms with van der Waals surface area (Å²) in [6.45, 7) is 2.37. The van der Waals surface area contributed by atoms with Crippen LogP contribution in [0.2, 0.25) is 5.02 Å². The molecule has 30 heavy (non-hydrogen) atoms. The topological polar surface area (TPSA) is 29.5 Å². The van der Waals surface area contributed by atoms with Gasteiger partial charge in [0, 0.05) is 10.6 Å². The summed E-state index contributed by atoms with van der Waals surface area (Å²) in [6.07, 6.45) is 1.83. The molecule has 0 unspecified atom stereocenters. The molecule has 0 N–H and O–H groups in total. The number of carbonyl (C=O) groups excluding carboxylic acids is 1. The van der Waals surface area contributed by atoms with Crippen molar-refractivity contribution in [1.29, 1.82) is 0 Å². The van der Waals surface area contributed by atoms with Crippen LogP contribution in [0.25, 0.3) is 6.08 Å². The van der Waals surface area contributed by atoms with E-state index in [9.17, 15) is 4.79 Å². The number of halogens is 1. The van der Waals surface area contributed by atoms with E-state index in [1.54, 1.807) is 6.07 Å². The van der Waals surface area contributed by atoms with Crippen LogP contribution in [0.15, 0.2) is 77.7 Å². The van der Waals surface area contributed by atoms with Crippen molar-refractivity contribution in [3.8, 4) is 5.75 Å². The number of thioether (sulfide) groups is 1. The molecule has 1 saturated heterocycles. The first-order valence-electron chi connectivity index (χ1n) is 9.33. The summed E-state index contributed by atoms with van der Waals surface area (Å²) >= 11 is 13.0. The molecule has 1 heterocycles. The van der Waals surface area contributed by atoms with Gasteiger partial charge in [0.15, 0.2) is 4.32 Å². The SMILES string of the molecule is Cc1ccc(N2C(=O)/C(=C/c3ccccc3OCc3ccccc3)SC2=S)cc1Cl. The number of nitrogens with zero attached hydrogens (tertiary/aromatic N) is 1. The Morgan fingerprint density at radius 3 is 2.57 bits per heavy atom. The number of hydrogen-bond acceptors (Lipinski definition) is 4. The van der Waals surface area contributed by atoms with Gasteiger partial charge in [0.05, 0.1) is 10.6 Å². The van der Waals surface area contributed by atoms with Crippen molar-refractivity contribution < 1.29 is 9.53 Å². The number of benzene rings is 3. The maximum absolute atomic E-state index is 13.1. The van der Waals surface area contributed by atoms with Gasteiger partial charge in [0.2, 0.25) is 0 Å².